The monoisotopic (exact) mass is 347 g/mol. The summed E-state index contributed by atoms with van der Waals surface area (Å²) in [6.07, 6.45) is 5.06. The van der Waals surface area contributed by atoms with Crippen LogP contribution in [-0.2, 0) is 6.54 Å². The van der Waals surface area contributed by atoms with Crippen molar-refractivity contribution in [1.29, 1.82) is 0 Å². The highest BCUT2D eigenvalue weighted by atomic mass is 35.5. The third-order valence-corrected chi connectivity index (χ3v) is 4.00. The zero-order valence-corrected chi connectivity index (χ0v) is 14.3. The van der Waals surface area contributed by atoms with E-state index >= 15 is 0 Å². The normalized spacial score (nSPS) is 11.1. The zero-order chi connectivity index (χ0) is 17.7. The van der Waals surface area contributed by atoms with Gasteiger partial charge in [0.15, 0.2) is 5.78 Å². The van der Waals surface area contributed by atoms with Crippen LogP contribution in [0.15, 0.2) is 30.3 Å². The van der Waals surface area contributed by atoms with Gasteiger partial charge in [0.1, 0.15) is 5.15 Å². The average Bonchev–Trinajstić information content (AvgIpc) is 2.84. The highest BCUT2D eigenvalue weighted by Gasteiger charge is 2.12. The molecule has 0 bridgehead atoms. The van der Waals surface area contributed by atoms with Crippen LogP contribution in [0.5, 0.6) is 0 Å². The van der Waals surface area contributed by atoms with E-state index in [9.17, 15) is 14.9 Å². The maximum atomic E-state index is 12.2. The number of nitro benzene ring substituents is 1. The molecule has 0 amide bonds. The number of unbranched alkanes of at least 4 members (excludes halogenated alkanes) is 1. The summed E-state index contributed by atoms with van der Waals surface area (Å²) in [4.78, 5) is 22.3. The number of ketones is 1. The molecule has 0 aliphatic rings. The Balaban J connectivity index is 2.16. The van der Waals surface area contributed by atoms with Gasteiger partial charge in [-0.15, -0.1) is 0 Å². The van der Waals surface area contributed by atoms with Crippen LogP contribution in [0.4, 0.5) is 5.69 Å². The number of hydrogen-bond acceptors (Lipinski definition) is 4. The second kappa shape index (κ2) is 7.88. The molecular formula is C17H18ClN3O3. The Morgan fingerprint density at radius 1 is 1.38 bits per heavy atom. The standard InChI is InChI=1S/C17H18ClN3O3/c1-3-4-11-20-17(18)15(12(2)19-20)9-10-16(22)13-5-7-14(8-6-13)21(23)24/h5-10H,3-4,11H2,1-2H3/b10-9+. The largest absolute Gasteiger partial charge is 0.289 e. The molecular weight excluding hydrogens is 330 g/mol. The third-order valence-electron chi connectivity index (χ3n) is 3.60. The average molecular weight is 348 g/mol. The fraction of sp³-hybridized carbons (Fsp3) is 0.294. The topological polar surface area (TPSA) is 78.0 Å². The van der Waals surface area contributed by atoms with E-state index in [1.807, 2.05) is 6.92 Å². The summed E-state index contributed by atoms with van der Waals surface area (Å²) in [5.74, 6) is -0.248. The van der Waals surface area contributed by atoms with Gasteiger partial charge in [-0.1, -0.05) is 24.9 Å². The Morgan fingerprint density at radius 2 is 2.04 bits per heavy atom. The predicted octanol–water partition coefficient (Wildman–Crippen LogP) is 4.45. The number of carbonyl (C=O) groups excluding carboxylic acids is 1. The van der Waals surface area contributed by atoms with Crippen LogP contribution in [0.1, 0.15) is 41.4 Å². The van der Waals surface area contributed by atoms with Crippen molar-refractivity contribution in [3.63, 3.8) is 0 Å². The first-order valence-electron chi connectivity index (χ1n) is 7.63. The summed E-state index contributed by atoms with van der Waals surface area (Å²) in [6.45, 7) is 4.67. The second-order valence-corrected chi connectivity index (χ2v) is 5.73. The summed E-state index contributed by atoms with van der Waals surface area (Å²) in [5.41, 5.74) is 1.79. The van der Waals surface area contributed by atoms with E-state index in [-0.39, 0.29) is 11.5 Å². The number of nitro groups is 1. The highest BCUT2D eigenvalue weighted by Crippen LogP contribution is 2.22. The van der Waals surface area contributed by atoms with Gasteiger partial charge >= 0.3 is 0 Å². The van der Waals surface area contributed by atoms with E-state index < -0.39 is 4.92 Å². The Labute approximate surface area is 144 Å². The van der Waals surface area contributed by atoms with E-state index in [2.05, 4.69) is 12.0 Å². The van der Waals surface area contributed by atoms with Crippen molar-refractivity contribution in [2.75, 3.05) is 0 Å². The van der Waals surface area contributed by atoms with Crippen LogP contribution in [0.2, 0.25) is 5.15 Å². The summed E-state index contributed by atoms with van der Waals surface area (Å²) < 4.78 is 1.73. The minimum Gasteiger partial charge on any atom is -0.289 e. The molecule has 7 heteroatoms. The molecule has 0 spiro atoms. The number of carbonyl (C=O) groups is 1. The third kappa shape index (κ3) is 4.08. The molecule has 0 aliphatic carbocycles. The van der Waals surface area contributed by atoms with Crippen LogP contribution in [0.3, 0.4) is 0 Å². The minimum atomic E-state index is -0.502. The van der Waals surface area contributed by atoms with E-state index in [1.54, 1.807) is 10.8 Å². The molecule has 1 heterocycles. The number of allylic oxidation sites excluding steroid dienone is 1. The van der Waals surface area contributed by atoms with Gasteiger partial charge in [-0.3, -0.25) is 19.6 Å². The second-order valence-electron chi connectivity index (χ2n) is 5.37. The molecule has 2 aromatic rings. The van der Waals surface area contributed by atoms with Gasteiger partial charge in [-0.2, -0.15) is 5.10 Å². The summed E-state index contributed by atoms with van der Waals surface area (Å²) >= 11 is 6.31. The molecule has 0 N–H and O–H groups in total. The van der Waals surface area contributed by atoms with Gasteiger partial charge in [0.25, 0.3) is 5.69 Å². The zero-order valence-electron chi connectivity index (χ0n) is 13.5. The Hall–Kier alpha value is -2.47. The van der Waals surface area contributed by atoms with Crippen LogP contribution in [0.25, 0.3) is 6.08 Å². The minimum absolute atomic E-state index is 0.0494. The van der Waals surface area contributed by atoms with Crippen LogP contribution < -0.4 is 0 Å². The molecule has 1 aromatic carbocycles. The first-order valence-corrected chi connectivity index (χ1v) is 8.01. The quantitative estimate of drug-likeness (QED) is 0.321. The van der Waals surface area contributed by atoms with Crippen LogP contribution >= 0.6 is 11.6 Å². The SMILES string of the molecule is CCCCn1nc(C)c(/C=C/C(=O)c2ccc([N+](=O)[O-])cc2)c1Cl. The lowest BCUT2D eigenvalue weighted by Gasteiger charge is -2.00. The maximum absolute atomic E-state index is 12.2. The predicted molar refractivity (Wildman–Crippen MR) is 93.3 cm³/mol. The van der Waals surface area contributed by atoms with Gasteiger partial charge in [0.05, 0.1) is 10.6 Å². The number of benzene rings is 1. The fourth-order valence-corrected chi connectivity index (χ4v) is 2.54. The van der Waals surface area contributed by atoms with E-state index in [4.69, 9.17) is 11.6 Å². The van der Waals surface area contributed by atoms with Gasteiger partial charge < -0.3 is 0 Å². The molecule has 0 atom stereocenters. The van der Waals surface area contributed by atoms with E-state index in [1.165, 1.54) is 30.3 Å². The molecule has 2 rings (SSSR count). The molecule has 126 valence electrons. The Bertz CT molecular complexity index is 779. The van der Waals surface area contributed by atoms with Crippen molar-refractivity contribution in [3.05, 3.63) is 62.4 Å². The van der Waals surface area contributed by atoms with E-state index in [0.29, 0.717) is 16.3 Å². The van der Waals surface area contributed by atoms with Crippen molar-refractivity contribution < 1.29 is 9.72 Å². The number of non-ortho nitro benzene ring substituents is 1. The summed E-state index contributed by atoms with van der Waals surface area (Å²) in [5, 5.41) is 15.5. The first kappa shape index (κ1) is 17.9. The lowest BCUT2D eigenvalue weighted by Crippen LogP contribution is -1.99. The number of aromatic nitrogens is 2. The van der Waals surface area contributed by atoms with Crippen molar-refractivity contribution in [3.8, 4) is 0 Å². The molecule has 0 saturated carbocycles. The summed E-state index contributed by atoms with van der Waals surface area (Å²) in [6, 6.07) is 5.48. The van der Waals surface area contributed by atoms with Gasteiger partial charge in [0.2, 0.25) is 0 Å². The van der Waals surface area contributed by atoms with Crippen LogP contribution in [0, 0.1) is 17.0 Å². The highest BCUT2D eigenvalue weighted by molar-refractivity contribution is 6.31. The van der Waals surface area contributed by atoms with Gasteiger partial charge in [-0.25, -0.2) is 0 Å². The van der Waals surface area contributed by atoms with Gasteiger partial charge in [0, 0.05) is 29.8 Å². The van der Waals surface area contributed by atoms with Crippen molar-refractivity contribution in [2.45, 2.75) is 33.2 Å². The molecule has 0 unspecified atom stereocenters. The Morgan fingerprint density at radius 3 is 2.62 bits per heavy atom. The lowest BCUT2D eigenvalue weighted by molar-refractivity contribution is -0.384. The number of nitrogens with zero attached hydrogens (tertiary/aromatic N) is 3. The molecule has 0 radical (unpaired) electrons. The fourth-order valence-electron chi connectivity index (χ4n) is 2.22. The van der Waals surface area contributed by atoms with Crippen molar-refractivity contribution >= 4 is 29.1 Å². The van der Waals surface area contributed by atoms with Gasteiger partial charge in [-0.05, 0) is 37.6 Å². The summed E-state index contributed by atoms with van der Waals surface area (Å²) in [7, 11) is 0. The van der Waals surface area contributed by atoms with Crippen LogP contribution in [-0.4, -0.2) is 20.5 Å². The molecule has 0 aliphatic heterocycles. The smallest absolute Gasteiger partial charge is 0.269 e. The maximum Gasteiger partial charge on any atom is 0.269 e. The van der Waals surface area contributed by atoms with Crippen molar-refractivity contribution in [1.82, 2.24) is 9.78 Å². The number of rotatable bonds is 7. The first-order chi connectivity index (χ1) is 11.4. The molecule has 24 heavy (non-hydrogen) atoms. The molecule has 1 aromatic heterocycles. The van der Waals surface area contributed by atoms with Crippen molar-refractivity contribution in [2.24, 2.45) is 0 Å². The Kier molecular flexibility index (Phi) is 5.87. The lowest BCUT2D eigenvalue weighted by atomic mass is 10.1. The molecule has 6 nitrogen and oxygen atoms in total. The number of hydrogen-bond donors (Lipinski definition) is 0. The van der Waals surface area contributed by atoms with E-state index in [0.717, 1.165) is 25.1 Å². The number of aryl methyl sites for hydroxylation is 2. The molecule has 0 fully saturated rings. The number of halogens is 1. The molecule has 0 saturated heterocycles.